The van der Waals surface area contributed by atoms with Crippen LogP contribution in [0, 0.1) is 6.92 Å². The SMILES string of the molecule is CCNC(=O)C[NH+](CC)CC(=O)c1c(C)[nH]c2ccccc12. The van der Waals surface area contributed by atoms with Crippen LogP contribution in [0.3, 0.4) is 0 Å². The molecule has 2 rings (SSSR count). The summed E-state index contributed by atoms with van der Waals surface area (Å²) >= 11 is 0. The van der Waals surface area contributed by atoms with Crippen molar-refractivity contribution in [3.05, 3.63) is 35.5 Å². The summed E-state index contributed by atoms with van der Waals surface area (Å²) in [4.78, 5) is 28.6. The van der Waals surface area contributed by atoms with E-state index in [1.807, 2.05) is 45.0 Å². The van der Waals surface area contributed by atoms with Gasteiger partial charge in [-0.1, -0.05) is 18.2 Å². The minimum atomic E-state index is -0.0113. The monoisotopic (exact) mass is 302 g/mol. The van der Waals surface area contributed by atoms with Crippen LogP contribution in [0.1, 0.15) is 29.9 Å². The number of ketones is 1. The maximum atomic E-state index is 12.7. The number of hydrogen-bond donors (Lipinski definition) is 3. The number of H-pyrrole nitrogens is 1. The number of likely N-dealkylation sites (N-methyl/N-ethyl adjacent to an activating group) is 2. The van der Waals surface area contributed by atoms with Gasteiger partial charge in [0.2, 0.25) is 5.78 Å². The normalized spacial score (nSPS) is 12.3. The van der Waals surface area contributed by atoms with Gasteiger partial charge < -0.3 is 15.2 Å². The quantitative estimate of drug-likeness (QED) is 0.659. The number of hydrogen-bond acceptors (Lipinski definition) is 2. The standard InChI is InChI=1S/C17H23N3O2/c1-4-18-16(22)11-20(5-2)10-15(21)17-12(3)19-14-9-7-6-8-13(14)17/h6-9,19H,4-5,10-11H2,1-3H3,(H,18,22)/p+1. The summed E-state index contributed by atoms with van der Waals surface area (Å²) in [6.45, 7) is 7.82. The maximum Gasteiger partial charge on any atom is 0.275 e. The lowest BCUT2D eigenvalue weighted by atomic mass is 10.1. The van der Waals surface area contributed by atoms with E-state index in [4.69, 9.17) is 0 Å². The van der Waals surface area contributed by atoms with E-state index in [0.717, 1.165) is 33.6 Å². The van der Waals surface area contributed by atoms with Crippen molar-refractivity contribution in [2.24, 2.45) is 0 Å². The highest BCUT2D eigenvalue weighted by molar-refractivity contribution is 6.09. The van der Waals surface area contributed by atoms with Crippen LogP contribution in [0.15, 0.2) is 24.3 Å². The number of nitrogens with one attached hydrogen (secondary N) is 3. The molecule has 22 heavy (non-hydrogen) atoms. The fourth-order valence-corrected chi connectivity index (χ4v) is 2.75. The molecule has 5 nitrogen and oxygen atoms in total. The van der Waals surface area contributed by atoms with Crippen LogP contribution in [0.2, 0.25) is 0 Å². The van der Waals surface area contributed by atoms with E-state index >= 15 is 0 Å². The van der Waals surface area contributed by atoms with Crippen LogP contribution in [-0.2, 0) is 4.79 Å². The number of para-hydroxylation sites is 1. The number of quaternary nitrogens is 1. The number of rotatable bonds is 7. The molecule has 1 amide bonds. The molecule has 1 heterocycles. The Morgan fingerprint density at radius 2 is 1.91 bits per heavy atom. The molecule has 0 aliphatic rings. The molecule has 1 aromatic carbocycles. The summed E-state index contributed by atoms with van der Waals surface area (Å²) in [5, 5.41) is 3.74. The van der Waals surface area contributed by atoms with Crippen molar-refractivity contribution < 1.29 is 14.5 Å². The van der Waals surface area contributed by atoms with E-state index in [-0.39, 0.29) is 11.7 Å². The Labute approximate surface area is 130 Å². The molecule has 0 spiro atoms. The van der Waals surface area contributed by atoms with Gasteiger partial charge in [-0.05, 0) is 26.8 Å². The Kier molecular flexibility index (Phi) is 5.33. The zero-order chi connectivity index (χ0) is 16.1. The number of benzene rings is 1. The largest absolute Gasteiger partial charge is 0.358 e. The van der Waals surface area contributed by atoms with Crippen LogP contribution in [0.5, 0.6) is 0 Å². The van der Waals surface area contributed by atoms with Gasteiger partial charge in [0.15, 0.2) is 6.54 Å². The lowest BCUT2D eigenvalue weighted by molar-refractivity contribution is -0.881. The third-order valence-corrected chi connectivity index (χ3v) is 3.87. The van der Waals surface area contributed by atoms with Crippen molar-refractivity contribution >= 4 is 22.6 Å². The predicted molar refractivity (Wildman–Crippen MR) is 87.3 cm³/mol. The highest BCUT2D eigenvalue weighted by atomic mass is 16.2. The average molecular weight is 302 g/mol. The molecule has 1 unspecified atom stereocenters. The molecule has 1 atom stereocenters. The summed E-state index contributed by atoms with van der Waals surface area (Å²) in [6, 6.07) is 7.82. The third kappa shape index (κ3) is 3.54. The van der Waals surface area contributed by atoms with Gasteiger partial charge >= 0.3 is 0 Å². The smallest absolute Gasteiger partial charge is 0.275 e. The van der Waals surface area contributed by atoms with Gasteiger partial charge in [-0.2, -0.15) is 0 Å². The van der Waals surface area contributed by atoms with Crippen LogP contribution in [-0.4, -0.2) is 42.9 Å². The number of aromatic amines is 1. The van der Waals surface area contributed by atoms with Crippen LogP contribution < -0.4 is 10.2 Å². The molecule has 118 valence electrons. The Bertz CT molecular complexity index is 676. The van der Waals surface area contributed by atoms with E-state index in [2.05, 4.69) is 10.3 Å². The van der Waals surface area contributed by atoms with E-state index in [1.54, 1.807) is 0 Å². The van der Waals surface area contributed by atoms with Gasteiger partial charge in [0, 0.05) is 23.1 Å². The second-order valence-corrected chi connectivity index (χ2v) is 5.50. The van der Waals surface area contributed by atoms with Gasteiger partial charge in [0.25, 0.3) is 5.91 Å². The Morgan fingerprint density at radius 1 is 1.18 bits per heavy atom. The van der Waals surface area contributed by atoms with E-state index < -0.39 is 0 Å². The fraction of sp³-hybridized carbons (Fsp3) is 0.412. The van der Waals surface area contributed by atoms with Crippen LogP contribution >= 0.6 is 0 Å². The molecule has 5 heteroatoms. The molecule has 0 radical (unpaired) electrons. The highest BCUT2D eigenvalue weighted by Crippen LogP contribution is 2.21. The van der Waals surface area contributed by atoms with Gasteiger partial charge in [0.1, 0.15) is 6.54 Å². The number of fused-ring (bicyclic) bond motifs is 1. The molecule has 3 N–H and O–H groups in total. The predicted octanol–water partition coefficient (Wildman–Crippen LogP) is 0.700. The molecule has 0 saturated heterocycles. The Morgan fingerprint density at radius 3 is 2.59 bits per heavy atom. The second kappa shape index (κ2) is 7.22. The zero-order valence-electron chi connectivity index (χ0n) is 13.5. The number of aryl methyl sites for hydroxylation is 1. The van der Waals surface area contributed by atoms with Crippen molar-refractivity contribution in [1.29, 1.82) is 0 Å². The first-order valence-electron chi connectivity index (χ1n) is 7.77. The van der Waals surface area contributed by atoms with Crippen molar-refractivity contribution in [2.75, 3.05) is 26.2 Å². The van der Waals surface area contributed by atoms with Crippen LogP contribution in [0.25, 0.3) is 10.9 Å². The van der Waals surface area contributed by atoms with Gasteiger partial charge in [-0.25, -0.2) is 0 Å². The van der Waals surface area contributed by atoms with E-state index in [1.165, 1.54) is 0 Å². The van der Waals surface area contributed by atoms with Gasteiger partial charge in [-0.3, -0.25) is 9.59 Å². The minimum Gasteiger partial charge on any atom is -0.358 e. The second-order valence-electron chi connectivity index (χ2n) is 5.50. The highest BCUT2D eigenvalue weighted by Gasteiger charge is 2.21. The molecule has 0 bridgehead atoms. The fourth-order valence-electron chi connectivity index (χ4n) is 2.75. The number of Topliss-reactive ketones (excluding diaryl/α,β-unsaturated/α-hetero) is 1. The number of carbonyl (C=O) groups is 2. The number of amides is 1. The number of carbonyl (C=O) groups excluding carboxylic acids is 2. The lowest BCUT2D eigenvalue weighted by Crippen LogP contribution is -3.13. The Balaban J connectivity index is 2.16. The first-order valence-corrected chi connectivity index (χ1v) is 7.77. The molecular weight excluding hydrogens is 278 g/mol. The molecule has 0 aliphatic heterocycles. The van der Waals surface area contributed by atoms with Crippen molar-refractivity contribution in [3.63, 3.8) is 0 Å². The van der Waals surface area contributed by atoms with E-state index in [0.29, 0.717) is 19.6 Å². The third-order valence-electron chi connectivity index (χ3n) is 3.87. The summed E-state index contributed by atoms with van der Waals surface area (Å²) in [5.74, 6) is 0.0684. The zero-order valence-corrected chi connectivity index (χ0v) is 13.5. The van der Waals surface area contributed by atoms with Crippen LogP contribution in [0.4, 0.5) is 0 Å². The summed E-state index contributed by atoms with van der Waals surface area (Å²) in [5.41, 5.74) is 2.61. The van der Waals surface area contributed by atoms with Gasteiger partial charge in [0.05, 0.1) is 12.1 Å². The van der Waals surface area contributed by atoms with Crippen molar-refractivity contribution in [1.82, 2.24) is 10.3 Å². The molecule has 2 aromatic rings. The van der Waals surface area contributed by atoms with Crippen molar-refractivity contribution in [2.45, 2.75) is 20.8 Å². The maximum absolute atomic E-state index is 12.7. The molecule has 1 aromatic heterocycles. The molecule has 0 fully saturated rings. The minimum absolute atomic E-state index is 0.0113. The topological polar surface area (TPSA) is 66.4 Å². The van der Waals surface area contributed by atoms with E-state index in [9.17, 15) is 9.59 Å². The lowest BCUT2D eigenvalue weighted by Gasteiger charge is -2.16. The first kappa shape index (κ1) is 16.2. The summed E-state index contributed by atoms with van der Waals surface area (Å²) < 4.78 is 0. The average Bonchev–Trinajstić information content (AvgIpc) is 2.82. The summed E-state index contributed by atoms with van der Waals surface area (Å²) in [6.07, 6.45) is 0. The van der Waals surface area contributed by atoms with Crippen molar-refractivity contribution in [3.8, 4) is 0 Å². The Hall–Kier alpha value is -2.14. The number of aromatic nitrogens is 1. The molecular formula is C17H24N3O2+. The van der Waals surface area contributed by atoms with Gasteiger partial charge in [-0.15, -0.1) is 0 Å². The first-order chi connectivity index (χ1) is 10.6. The molecule has 0 saturated carbocycles. The molecule has 0 aliphatic carbocycles. The summed E-state index contributed by atoms with van der Waals surface area (Å²) in [7, 11) is 0.